The van der Waals surface area contributed by atoms with Crippen LogP contribution in [0.1, 0.15) is 0 Å². The number of hydrogen-bond donors (Lipinski definition) is 0. The molecule has 0 aliphatic heterocycles. The Hall–Kier alpha value is 0.397. The Morgan fingerprint density at radius 1 is 1.10 bits per heavy atom. The van der Waals surface area contributed by atoms with Crippen LogP contribution in [0.3, 0.4) is 0 Å². The predicted molar refractivity (Wildman–Crippen MR) is 56.3 cm³/mol. The zero-order valence-electron chi connectivity index (χ0n) is 5.43. The van der Waals surface area contributed by atoms with Crippen LogP contribution in [-0.2, 0) is 0 Å². The van der Waals surface area contributed by atoms with Crippen LogP contribution >= 0.6 is 31.9 Å². The lowest BCUT2D eigenvalue weighted by atomic mass is 10.4. The van der Waals surface area contributed by atoms with Gasteiger partial charge < -0.3 is 0 Å². The molecular formula is C7H8Br2Si. The zero-order valence-corrected chi connectivity index (χ0v) is 10.0. The van der Waals surface area contributed by atoms with Gasteiger partial charge in [-0.2, -0.15) is 0 Å². The van der Waals surface area contributed by atoms with Crippen molar-refractivity contribution < 1.29 is 0 Å². The summed E-state index contributed by atoms with van der Waals surface area (Å²) >= 11 is 6.98. The highest BCUT2D eigenvalue weighted by molar-refractivity contribution is 9.25. The lowest BCUT2D eigenvalue weighted by Gasteiger charge is -1.98. The van der Waals surface area contributed by atoms with E-state index in [0.717, 1.165) is 0 Å². The minimum Gasteiger partial charge on any atom is -0.0805 e. The summed E-state index contributed by atoms with van der Waals surface area (Å²) in [6, 6.07) is 10.6. The molecule has 0 bridgehead atoms. The van der Waals surface area contributed by atoms with Gasteiger partial charge in [0.1, 0.15) is 0 Å². The minimum absolute atomic E-state index is 0.143. The topological polar surface area (TPSA) is 0 Å². The van der Waals surface area contributed by atoms with Gasteiger partial charge >= 0.3 is 0 Å². The third kappa shape index (κ3) is 2.99. The van der Waals surface area contributed by atoms with Crippen molar-refractivity contribution in [3.63, 3.8) is 0 Å². The second kappa shape index (κ2) is 4.31. The molecule has 0 amide bonds. The van der Waals surface area contributed by atoms with Crippen LogP contribution < -0.4 is 5.19 Å². The van der Waals surface area contributed by atoms with E-state index < -0.39 is 0 Å². The number of halogens is 2. The van der Waals surface area contributed by atoms with Gasteiger partial charge in [0.2, 0.25) is 0 Å². The molecular weight excluding hydrogens is 272 g/mol. The average Bonchev–Trinajstić information content (AvgIpc) is 1.88. The van der Waals surface area contributed by atoms with Crippen LogP contribution in [0.25, 0.3) is 0 Å². The molecule has 0 aliphatic carbocycles. The molecule has 0 aromatic heterocycles. The zero-order chi connectivity index (χ0) is 7.40. The first-order valence-electron chi connectivity index (χ1n) is 3.11. The molecule has 0 nitrogen and oxygen atoms in total. The summed E-state index contributed by atoms with van der Waals surface area (Å²) in [6.07, 6.45) is 0. The Morgan fingerprint density at radius 3 is 2.20 bits per heavy atom. The second-order valence-electron chi connectivity index (χ2n) is 2.08. The Kier molecular flexibility index (Phi) is 3.66. The Bertz CT molecular complexity index is 186. The summed E-state index contributed by atoms with van der Waals surface area (Å²) < 4.78 is 0.530. The summed E-state index contributed by atoms with van der Waals surface area (Å²) in [5, 5.41) is 1.49. The first kappa shape index (κ1) is 8.49. The molecule has 0 heterocycles. The van der Waals surface area contributed by atoms with Gasteiger partial charge in [-0.15, -0.1) is 0 Å². The fourth-order valence-corrected chi connectivity index (χ4v) is 3.94. The SMILES string of the molecule is BrC(Br)[SiH2]c1ccccc1. The van der Waals surface area contributed by atoms with E-state index in [-0.39, 0.29) is 9.52 Å². The standard InChI is InChI=1S/C7H8Br2Si/c8-7(9)10-6-4-2-1-3-5-6/h1-5,7H,10H2. The van der Waals surface area contributed by atoms with Gasteiger partial charge in [-0.05, 0) is 0 Å². The van der Waals surface area contributed by atoms with Crippen LogP contribution in [0.4, 0.5) is 0 Å². The maximum atomic E-state index is 3.49. The van der Waals surface area contributed by atoms with Gasteiger partial charge in [0.25, 0.3) is 0 Å². The molecule has 1 rings (SSSR count). The lowest BCUT2D eigenvalue weighted by molar-refractivity contribution is 1.76. The summed E-state index contributed by atoms with van der Waals surface area (Å²) in [4.78, 5) is 0. The molecule has 0 aliphatic rings. The first-order chi connectivity index (χ1) is 4.79. The first-order valence-corrected chi connectivity index (χ1v) is 6.46. The normalized spacial score (nSPS) is 11.5. The smallest absolute Gasteiger partial charge is 0.0805 e. The Morgan fingerprint density at radius 2 is 1.70 bits per heavy atom. The maximum Gasteiger partial charge on any atom is 0.0833 e. The van der Waals surface area contributed by atoms with Crippen molar-refractivity contribution in [2.75, 3.05) is 0 Å². The van der Waals surface area contributed by atoms with E-state index in [1.165, 1.54) is 5.19 Å². The monoisotopic (exact) mass is 278 g/mol. The largest absolute Gasteiger partial charge is 0.0833 e. The summed E-state index contributed by atoms with van der Waals surface area (Å²) in [6.45, 7) is 0. The number of hydrogen-bond acceptors (Lipinski definition) is 0. The summed E-state index contributed by atoms with van der Waals surface area (Å²) in [5.41, 5.74) is 0. The molecule has 0 saturated heterocycles. The number of benzene rings is 1. The molecule has 54 valence electrons. The molecule has 1 aromatic rings. The minimum atomic E-state index is -0.143. The maximum absolute atomic E-state index is 3.49. The molecule has 0 atom stereocenters. The highest BCUT2D eigenvalue weighted by Gasteiger charge is 1.98. The van der Waals surface area contributed by atoms with Gasteiger partial charge in [0.15, 0.2) is 0 Å². The van der Waals surface area contributed by atoms with Crippen LogP contribution in [0.2, 0.25) is 0 Å². The van der Waals surface area contributed by atoms with Gasteiger partial charge in [-0.1, -0.05) is 67.4 Å². The third-order valence-electron chi connectivity index (χ3n) is 1.23. The molecule has 0 spiro atoms. The van der Waals surface area contributed by atoms with E-state index in [4.69, 9.17) is 0 Å². The van der Waals surface area contributed by atoms with E-state index >= 15 is 0 Å². The fourth-order valence-electron chi connectivity index (χ4n) is 0.792. The van der Waals surface area contributed by atoms with Gasteiger partial charge in [0.05, 0.1) is 12.9 Å². The summed E-state index contributed by atoms with van der Waals surface area (Å²) in [7, 11) is -0.143. The highest BCUT2D eigenvalue weighted by Crippen LogP contribution is 2.04. The average molecular weight is 280 g/mol. The van der Waals surface area contributed by atoms with Crippen molar-refractivity contribution in [2.24, 2.45) is 0 Å². The van der Waals surface area contributed by atoms with Crippen molar-refractivity contribution in [3.8, 4) is 0 Å². The number of alkyl halides is 2. The Labute approximate surface area is 80.1 Å². The van der Waals surface area contributed by atoms with Crippen molar-refractivity contribution in [1.82, 2.24) is 0 Å². The molecule has 1 aromatic carbocycles. The van der Waals surface area contributed by atoms with Crippen LogP contribution in [0.15, 0.2) is 30.3 Å². The summed E-state index contributed by atoms with van der Waals surface area (Å²) in [5.74, 6) is 0. The predicted octanol–water partition coefficient (Wildman–Crippen LogP) is 1.55. The fraction of sp³-hybridized carbons (Fsp3) is 0.143. The van der Waals surface area contributed by atoms with Crippen LogP contribution in [0.5, 0.6) is 0 Å². The highest BCUT2D eigenvalue weighted by atomic mass is 79.9. The second-order valence-corrected chi connectivity index (χ2v) is 9.95. The molecule has 3 heteroatoms. The van der Waals surface area contributed by atoms with E-state index in [1.807, 2.05) is 0 Å². The molecule has 0 saturated carbocycles. The number of rotatable bonds is 2. The van der Waals surface area contributed by atoms with E-state index in [2.05, 4.69) is 62.2 Å². The van der Waals surface area contributed by atoms with Crippen molar-refractivity contribution in [3.05, 3.63) is 30.3 Å². The van der Waals surface area contributed by atoms with Gasteiger partial charge in [0, 0.05) is 0 Å². The quantitative estimate of drug-likeness (QED) is 0.569. The van der Waals surface area contributed by atoms with Gasteiger partial charge in [-0.3, -0.25) is 0 Å². The molecule has 0 unspecified atom stereocenters. The molecule has 0 N–H and O–H groups in total. The third-order valence-corrected chi connectivity index (χ3v) is 4.43. The van der Waals surface area contributed by atoms with Crippen molar-refractivity contribution in [1.29, 1.82) is 0 Å². The molecule has 0 fully saturated rings. The Balaban J connectivity index is 2.59. The lowest BCUT2D eigenvalue weighted by Crippen LogP contribution is -2.18. The molecule has 0 radical (unpaired) electrons. The van der Waals surface area contributed by atoms with Crippen molar-refractivity contribution >= 4 is 46.6 Å². The van der Waals surface area contributed by atoms with E-state index in [1.54, 1.807) is 0 Å². The van der Waals surface area contributed by atoms with Crippen LogP contribution in [0, 0.1) is 0 Å². The van der Waals surface area contributed by atoms with Crippen LogP contribution in [-0.4, -0.2) is 12.9 Å². The van der Waals surface area contributed by atoms with E-state index in [9.17, 15) is 0 Å². The van der Waals surface area contributed by atoms with Gasteiger partial charge in [-0.25, -0.2) is 0 Å². The van der Waals surface area contributed by atoms with Crippen molar-refractivity contribution in [2.45, 2.75) is 3.36 Å². The van der Waals surface area contributed by atoms with E-state index in [0.29, 0.717) is 3.36 Å². The molecule has 10 heavy (non-hydrogen) atoms.